The van der Waals surface area contributed by atoms with Crippen LogP contribution in [0.25, 0.3) is 0 Å². The van der Waals surface area contributed by atoms with Crippen molar-refractivity contribution >= 4 is 12.0 Å². The maximum absolute atomic E-state index is 12.0. The van der Waals surface area contributed by atoms with E-state index in [1.165, 1.54) is 0 Å². The number of urea groups is 1. The number of nitrogens with zero attached hydrogens (tertiary/aromatic N) is 1. The van der Waals surface area contributed by atoms with Gasteiger partial charge < -0.3 is 15.7 Å². The molecule has 0 spiro atoms. The third-order valence-corrected chi connectivity index (χ3v) is 3.97. The lowest BCUT2D eigenvalue weighted by Crippen LogP contribution is -2.44. The fourth-order valence-corrected chi connectivity index (χ4v) is 2.64. The van der Waals surface area contributed by atoms with Crippen LogP contribution in [0.4, 0.5) is 4.79 Å². The average molecular weight is 291 g/mol. The fraction of sp³-hybridized carbons (Fsp3) is 0.533. The first-order chi connectivity index (χ1) is 10.1. The zero-order chi connectivity index (χ0) is 15.2. The van der Waals surface area contributed by atoms with Crippen LogP contribution in [-0.2, 0) is 4.79 Å². The van der Waals surface area contributed by atoms with Gasteiger partial charge in [-0.15, -0.1) is 0 Å². The molecule has 6 nitrogen and oxygen atoms in total. The molecule has 1 atom stereocenters. The van der Waals surface area contributed by atoms with E-state index in [-0.39, 0.29) is 24.0 Å². The Morgan fingerprint density at radius 2 is 1.86 bits per heavy atom. The van der Waals surface area contributed by atoms with Crippen LogP contribution in [0.3, 0.4) is 0 Å². The monoisotopic (exact) mass is 291 g/mol. The van der Waals surface area contributed by atoms with Crippen LogP contribution in [0.2, 0.25) is 0 Å². The molecular formula is C15H21N3O3. The van der Waals surface area contributed by atoms with Crippen molar-refractivity contribution < 1.29 is 14.7 Å². The van der Waals surface area contributed by atoms with Crippen LogP contribution < -0.4 is 10.6 Å². The molecule has 0 aliphatic heterocycles. The van der Waals surface area contributed by atoms with E-state index >= 15 is 0 Å². The highest BCUT2D eigenvalue weighted by Gasteiger charge is 2.26. The van der Waals surface area contributed by atoms with E-state index in [1.54, 1.807) is 12.4 Å². The zero-order valence-electron chi connectivity index (χ0n) is 12.1. The second kappa shape index (κ2) is 7.06. The summed E-state index contributed by atoms with van der Waals surface area (Å²) >= 11 is 0. The number of nitrogens with one attached hydrogen (secondary N) is 2. The van der Waals surface area contributed by atoms with Crippen molar-refractivity contribution in [2.45, 2.75) is 44.7 Å². The van der Waals surface area contributed by atoms with Gasteiger partial charge in [0.05, 0.1) is 12.0 Å². The number of carboxylic acid groups (broad SMARTS) is 1. The van der Waals surface area contributed by atoms with Gasteiger partial charge in [0.25, 0.3) is 0 Å². The van der Waals surface area contributed by atoms with Gasteiger partial charge in [-0.25, -0.2) is 4.79 Å². The Labute approximate surface area is 124 Å². The number of carbonyl (C=O) groups excluding carboxylic acids is 1. The highest BCUT2D eigenvalue weighted by atomic mass is 16.4. The van der Waals surface area contributed by atoms with E-state index in [1.807, 2.05) is 19.1 Å². The Morgan fingerprint density at radius 3 is 2.43 bits per heavy atom. The van der Waals surface area contributed by atoms with Gasteiger partial charge in [-0.2, -0.15) is 0 Å². The molecule has 3 N–H and O–H groups in total. The summed E-state index contributed by atoms with van der Waals surface area (Å²) in [5, 5.41) is 14.8. The Morgan fingerprint density at radius 1 is 1.24 bits per heavy atom. The first-order valence-corrected chi connectivity index (χ1v) is 7.26. The zero-order valence-corrected chi connectivity index (χ0v) is 12.1. The van der Waals surface area contributed by atoms with Crippen LogP contribution in [0, 0.1) is 5.92 Å². The maximum atomic E-state index is 12.0. The number of carboxylic acids is 1. The summed E-state index contributed by atoms with van der Waals surface area (Å²) < 4.78 is 0. The lowest BCUT2D eigenvalue weighted by molar-refractivity contribution is -0.142. The van der Waals surface area contributed by atoms with Crippen molar-refractivity contribution in [3.8, 4) is 0 Å². The smallest absolute Gasteiger partial charge is 0.315 e. The van der Waals surface area contributed by atoms with Crippen molar-refractivity contribution in [1.29, 1.82) is 0 Å². The number of carbonyl (C=O) groups is 2. The molecule has 1 heterocycles. The number of pyridine rings is 1. The Bertz CT molecular complexity index is 484. The summed E-state index contributed by atoms with van der Waals surface area (Å²) in [6.07, 6.45) is 6.07. The number of hydrogen-bond acceptors (Lipinski definition) is 3. The molecule has 2 amide bonds. The van der Waals surface area contributed by atoms with Gasteiger partial charge in [-0.05, 0) is 50.3 Å². The van der Waals surface area contributed by atoms with Gasteiger partial charge in [0.1, 0.15) is 0 Å². The van der Waals surface area contributed by atoms with Gasteiger partial charge in [-0.3, -0.25) is 9.78 Å². The third kappa shape index (κ3) is 4.44. The second-order valence-corrected chi connectivity index (χ2v) is 5.51. The highest BCUT2D eigenvalue weighted by molar-refractivity contribution is 5.75. The largest absolute Gasteiger partial charge is 0.481 e. The van der Waals surface area contributed by atoms with Crippen LogP contribution in [0.15, 0.2) is 24.5 Å². The molecule has 1 aliphatic rings. The lowest BCUT2D eigenvalue weighted by Gasteiger charge is -2.27. The topological polar surface area (TPSA) is 91.3 Å². The van der Waals surface area contributed by atoms with E-state index in [0.717, 1.165) is 5.56 Å². The molecule has 1 aromatic heterocycles. The van der Waals surface area contributed by atoms with Gasteiger partial charge in [0.15, 0.2) is 0 Å². The molecule has 1 saturated carbocycles. The summed E-state index contributed by atoms with van der Waals surface area (Å²) in [6.45, 7) is 1.91. The van der Waals surface area contributed by atoms with Crippen LogP contribution in [0.5, 0.6) is 0 Å². The molecule has 1 unspecified atom stereocenters. The molecular weight excluding hydrogens is 270 g/mol. The van der Waals surface area contributed by atoms with Crippen LogP contribution >= 0.6 is 0 Å². The molecule has 114 valence electrons. The minimum Gasteiger partial charge on any atom is -0.481 e. The summed E-state index contributed by atoms with van der Waals surface area (Å²) in [5.41, 5.74) is 0.995. The summed E-state index contributed by atoms with van der Waals surface area (Å²) in [7, 11) is 0. The highest BCUT2D eigenvalue weighted by Crippen LogP contribution is 2.24. The summed E-state index contributed by atoms with van der Waals surface area (Å²) in [6, 6.07) is 3.48. The quantitative estimate of drug-likeness (QED) is 0.792. The lowest BCUT2D eigenvalue weighted by atomic mass is 9.86. The molecule has 1 aliphatic carbocycles. The van der Waals surface area contributed by atoms with Crippen LogP contribution in [-0.4, -0.2) is 28.1 Å². The summed E-state index contributed by atoms with van der Waals surface area (Å²) in [4.78, 5) is 26.8. The van der Waals surface area contributed by atoms with Crippen molar-refractivity contribution in [2.24, 2.45) is 5.92 Å². The van der Waals surface area contributed by atoms with E-state index in [0.29, 0.717) is 25.7 Å². The minimum atomic E-state index is -0.732. The molecule has 0 radical (unpaired) electrons. The van der Waals surface area contributed by atoms with E-state index < -0.39 is 5.97 Å². The normalized spacial score (nSPS) is 23.1. The molecule has 6 heteroatoms. The fourth-order valence-electron chi connectivity index (χ4n) is 2.64. The van der Waals surface area contributed by atoms with Gasteiger partial charge >= 0.3 is 12.0 Å². The molecule has 0 aromatic carbocycles. The predicted molar refractivity (Wildman–Crippen MR) is 77.7 cm³/mol. The molecule has 2 rings (SSSR count). The molecule has 1 aromatic rings. The van der Waals surface area contributed by atoms with E-state index in [9.17, 15) is 9.59 Å². The number of aromatic nitrogens is 1. The molecule has 21 heavy (non-hydrogen) atoms. The predicted octanol–water partition coefficient (Wildman–Crippen LogP) is 2.09. The third-order valence-electron chi connectivity index (χ3n) is 3.97. The average Bonchev–Trinajstić information content (AvgIpc) is 2.48. The number of aliphatic carboxylic acids is 1. The second-order valence-electron chi connectivity index (χ2n) is 5.51. The Hall–Kier alpha value is -2.11. The number of hydrogen-bond donors (Lipinski definition) is 3. The van der Waals surface area contributed by atoms with Crippen molar-refractivity contribution in [1.82, 2.24) is 15.6 Å². The number of amides is 2. The SMILES string of the molecule is CC(NC(=O)NC1CCC(C(=O)O)CC1)c1ccncc1. The molecule has 1 fully saturated rings. The first kappa shape index (κ1) is 15.3. The summed E-state index contributed by atoms with van der Waals surface area (Å²) in [5.74, 6) is -0.994. The van der Waals surface area contributed by atoms with Gasteiger partial charge in [0, 0.05) is 18.4 Å². The molecule has 0 saturated heterocycles. The van der Waals surface area contributed by atoms with Crippen molar-refractivity contribution in [2.75, 3.05) is 0 Å². The minimum absolute atomic E-state index is 0.0604. The van der Waals surface area contributed by atoms with E-state index in [4.69, 9.17) is 5.11 Å². The van der Waals surface area contributed by atoms with E-state index in [2.05, 4.69) is 15.6 Å². The Balaban J connectivity index is 1.76. The number of rotatable bonds is 4. The van der Waals surface area contributed by atoms with Crippen molar-refractivity contribution in [3.63, 3.8) is 0 Å². The molecule has 0 bridgehead atoms. The standard InChI is InChI=1S/C15H21N3O3/c1-10(11-6-8-16-9-7-11)17-15(21)18-13-4-2-12(3-5-13)14(19)20/h6-10,12-13H,2-5H2,1H3,(H,19,20)(H2,17,18,21). The van der Waals surface area contributed by atoms with Gasteiger partial charge in [0.2, 0.25) is 0 Å². The maximum Gasteiger partial charge on any atom is 0.315 e. The Kier molecular flexibility index (Phi) is 5.14. The van der Waals surface area contributed by atoms with Gasteiger partial charge in [-0.1, -0.05) is 0 Å². The van der Waals surface area contributed by atoms with Crippen LogP contribution in [0.1, 0.15) is 44.2 Å². The first-order valence-electron chi connectivity index (χ1n) is 7.26. The van der Waals surface area contributed by atoms with Crippen molar-refractivity contribution in [3.05, 3.63) is 30.1 Å².